The van der Waals surface area contributed by atoms with Crippen molar-refractivity contribution in [1.29, 1.82) is 0 Å². The molecule has 8 nitrogen and oxygen atoms in total. The zero-order valence-corrected chi connectivity index (χ0v) is 24.3. The maximum Gasteiger partial charge on any atom is 0.445 e. The second kappa shape index (κ2) is 11.5. The lowest BCUT2D eigenvalue weighted by Gasteiger charge is -2.07. The van der Waals surface area contributed by atoms with Crippen LogP contribution in [0.15, 0.2) is 133 Å². The molecule has 0 aliphatic heterocycles. The highest BCUT2D eigenvalue weighted by molar-refractivity contribution is 6.51. The molecule has 5 aromatic carbocycles. The lowest BCUT2D eigenvalue weighted by molar-refractivity contribution is 0.103. The number of nitrogens with zero attached hydrogens (tertiary/aromatic N) is 4. The smallest absolute Gasteiger partial charge is 0.341 e. The van der Waals surface area contributed by atoms with Crippen molar-refractivity contribution >= 4 is 55.9 Å². The number of carbonyl (C=O) groups is 3. The molecule has 2 aromatic heterocycles. The molecule has 0 fully saturated rings. The van der Waals surface area contributed by atoms with Gasteiger partial charge >= 0.3 is 6.09 Å². The topological polar surface area (TPSA) is 95.6 Å². The summed E-state index contributed by atoms with van der Waals surface area (Å²) >= 11 is 0. The van der Waals surface area contributed by atoms with Crippen LogP contribution in [0.25, 0.3) is 32.6 Å². The van der Waals surface area contributed by atoms with Crippen molar-refractivity contribution in [2.45, 2.75) is 13.5 Å². The Labute approximate surface area is 257 Å². The molecule has 0 bridgehead atoms. The van der Waals surface area contributed by atoms with E-state index in [0.717, 1.165) is 37.1 Å². The number of Topliss-reactive ketones (excluding diaryl/α,β-unsaturated/α-hetero) is 1. The minimum absolute atomic E-state index is 0.0190. The van der Waals surface area contributed by atoms with E-state index in [1.165, 1.54) is 18.7 Å². The Morgan fingerprint density at radius 2 is 1.42 bits per heavy atom. The van der Waals surface area contributed by atoms with Crippen LogP contribution in [0.1, 0.15) is 38.8 Å². The predicted octanol–water partition coefficient (Wildman–Crippen LogP) is 7.67. The van der Waals surface area contributed by atoms with Crippen LogP contribution in [-0.2, 0) is 11.4 Å². The predicted molar refractivity (Wildman–Crippen MR) is 174 cm³/mol. The number of hydrogen-bond donors (Lipinski definition) is 0. The largest absolute Gasteiger partial charge is 0.445 e. The van der Waals surface area contributed by atoms with Crippen LogP contribution in [0.2, 0.25) is 0 Å². The van der Waals surface area contributed by atoms with Crippen LogP contribution in [0, 0.1) is 0 Å². The molecule has 0 aliphatic carbocycles. The molecule has 0 radical (unpaired) electrons. The Hall–Kier alpha value is -6.15. The van der Waals surface area contributed by atoms with E-state index >= 15 is 0 Å². The van der Waals surface area contributed by atoms with Crippen molar-refractivity contribution in [2.24, 2.45) is 5.16 Å². The average molecular weight is 591 g/mol. The summed E-state index contributed by atoms with van der Waals surface area (Å²) in [5.41, 5.74) is 3.93. The minimum atomic E-state index is -0.793. The number of benzene rings is 5. The van der Waals surface area contributed by atoms with Gasteiger partial charge in [-0.1, -0.05) is 78.0 Å². The van der Waals surface area contributed by atoms with E-state index in [0.29, 0.717) is 28.8 Å². The molecule has 0 aliphatic rings. The second-order valence-corrected chi connectivity index (χ2v) is 10.5. The van der Waals surface area contributed by atoms with Crippen molar-refractivity contribution in [2.75, 3.05) is 0 Å². The van der Waals surface area contributed by atoms with Crippen molar-refractivity contribution in [3.63, 3.8) is 0 Å². The monoisotopic (exact) mass is 590 g/mol. The summed E-state index contributed by atoms with van der Waals surface area (Å²) in [7, 11) is 0. The zero-order chi connectivity index (χ0) is 30.9. The minimum Gasteiger partial charge on any atom is -0.341 e. The third-order valence-corrected chi connectivity index (χ3v) is 7.93. The number of aromatic nitrogens is 3. The van der Waals surface area contributed by atoms with Gasteiger partial charge in [0.25, 0.3) is 0 Å². The molecule has 0 saturated carbocycles. The van der Waals surface area contributed by atoms with E-state index in [-0.39, 0.29) is 11.5 Å². The molecular formula is C37H26N4O4. The second-order valence-electron chi connectivity index (χ2n) is 10.5. The van der Waals surface area contributed by atoms with Crippen LogP contribution in [0.3, 0.4) is 0 Å². The highest BCUT2D eigenvalue weighted by atomic mass is 16.7. The van der Waals surface area contributed by atoms with Gasteiger partial charge in [-0.05, 0) is 54.1 Å². The van der Waals surface area contributed by atoms with Gasteiger partial charge in [0.2, 0.25) is 5.78 Å². The molecule has 218 valence electrons. The van der Waals surface area contributed by atoms with Crippen molar-refractivity contribution in [1.82, 2.24) is 14.1 Å². The van der Waals surface area contributed by atoms with Crippen LogP contribution in [-0.4, -0.2) is 37.5 Å². The first kappa shape index (κ1) is 27.7. The van der Waals surface area contributed by atoms with E-state index in [9.17, 15) is 14.4 Å². The Morgan fingerprint density at radius 1 is 0.733 bits per heavy atom. The van der Waals surface area contributed by atoms with Crippen molar-refractivity contribution in [3.8, 4) is 0 Å². The molecule has 0 spiro atoms. The van der Waals surface area contributed by atoms with Crippen LogP contribution >= 0.6 is 0 Å². The maximum atomic E-state index is 14.0. The fourth-order valence-electron chi connectivity index (χ4n) is 5.76. The summed E-state index contributed by atoms with van der Waals surface area (Å²) in [6.07, 6.45) is 3.37. The summed E-state index contributed by atoms with van der Waals surface area (Å²) < 4.78 is 3.28. The lowest BCUT2D eigenvalue weighted by Crippen LogP contribution is -2.18. The van der Waals surface area contributed by atoms with Crippen molar-refractivity contribution in [3.05, 3.63) is 150 Å². The average Bonchev–Trinajstić information content (AvgIpc) is 3.74. The molecule has 8 heteroatoms. The molecule has 0 atom stereocenters. The van der Waals surface area contributed by atoms with E-state index < -0.39 is 11.9 Å². The molecule has 0 unspecified atom stereocenters. The number of oxime groups is 1. The first-order valence-corrected chi connectivity index (χ1v) is 14.5. The summed E-state index contributed by atoms with van der Waals surface area (Å²) in [5, 5.41) is 7.59. The number of fused-ring (bicyclic) bond motifs is 4. The molecule has 0 N–H and O–H groups in total. The normalized spacial score (nSPS) is 11.7. The molecule has 7 aromatic rings. The van der Waals surface area contributed by atoms with Gasteiger partial charge < -0.3 is 4.57 Å². The van der Waals surface area contributed by atoms with Gasteiger partial charge in [-0.15, -0.1) is 0 Å². The zero-order valence-electron chi connectivity index (χ0n) is 24.3. The van der Waals surface area contributed by atoms with Gasteiger partial charge in [0.1, 0.15) is 6.33 Å². The summed E-state index contributed by atoms with van der Waals surface area (Å²) in [5.74, 6) is -0.488. The summed E-state index contributed by atoms with van der Waals surface area (Å²) in [6.45, 7) is 2.76. The van der Waals surface area contributed by atoms with Crippen molar-refractivity contribution < 1.29 is 19.2 Å². The molecule has 7 rings (SSSR count). The van der Waals surface area contributed by atoms with Crippen LogP contribution in [0.4, 0.5) is 4.79 Å². The first-order chi connectivity index (χ1) is 22.0. The van der Waals surface area contributed by atoms with Gasteiger partial charge in [-0.25, -0.2) is 14.3 Å². The van der Waals surface area contributed by atoms with Gasteiger partial charge in [0, 0.05) is 63.0 Å². The number of ketones is 2. The van der Waals surface area contributed by atoms with E-state index in [4.69, 9.17) is 4.84 Å². The number of imidazole rings is 1. The SMILES string of the molecule is CCn1c2ccc(C(=O)C(=NOC(=O)n3ccnc3)c3ccccc3)cc2c2cc(C(=O)c3cccc4ccccc34)ccc21. The van der Waals surface area contributed by atoms with Gasteiger partial charge in [0.05, 0.1) is 0 Å². The quantitative estimate of drug-likeness (QED) is 0.0822. The number of rotatable bonds is 7. The summed E-state index contributed by atoms with van der Waals surface area (Å²) in [4.78, 5) is 49.3. The molecule has 0 saturated heterocycles. The molecular weight excluding hydrogens is 564 g/mol. The first-order valence-electron chi connectivity index (χ1n) is 14.5. The number of hydrogen-bond acceptors (Lipinski definition) is 6. The number of carbonyl (C=O) groups excluding carboxylic acids is 3. The Bertz CT molecular complexity index is 2280. The van der Waals surface area contributed by atoms with E-state index in [1.54, 1.807) is 30.3 Å². The Kier molecular flexibility index (Phi) is 7.07. The molecule has 2 heterocycles. The standard InChI is InChI=1S/C37H26N4O4/c1-2-41-32-17-15-26(35(42)29-14-8-12-24-9-6-7-13-28(24)29)21-30(32)31-22-27(16-18-33(31)41)36(43)34(25-10-4-3-5-11-25)39-45-37(44)40-20-19-38-23-40/h3-23H,2H2,1H3. The van der Waals surface area contributed by atoms with Crippen LogP contribution < -0.4 is 0 Å². The number of aryl methyl sites for hydroxylation is 1. The third-order valence-electron chi connectivity index (χ3n) is 7.93. The molecule has 45 heavy (non-hydrogen) atoms. The van der Waals surface area contributed by atoms with Gasteiger partial charge in [-0.2, -0.15) is 0 Å². The van der Waals surface area contributed by atoms with E-state index in [1.807, 2.05) is 78.9 Å². The Morgan fingerprint density at radius 3 is 2.16 bits per heavy atom. The van der Waals surface area contributed by atoms with E-state index in [2.05, 4.69) is 21.6 Å². The van der Waals surface area contributed by atoms with Crippen LogP contribution in [0.5, 0.6) is 0 Å². The fraction of sp³-hybridized carbons (Fsp3) is 0.0541. The van der Waals surface area contributed by atoms with Gasteiger partial charge in [0.15, 0.2) is 11.5 Å². The highest BCUT2D eigenvalue weighted by Gasteiger charge is 2.21. The van der Waals surface area contributed by atoms with Gasteiger partial charge in [-0.3, -0.25) is 14.4 Å². The summed E-state index contributed by atoms with van der Waals surface area (Å²) in [6, 6.07) is 33.6. The molecule has 0 amide bonds. The lowest BCUT2D eigenvalue weighted by atomic mass is 9.96. The maximum absolute atomic E-state index is 14.0. The highest BCUT2D eigenvalue weighted by Crippen LogP contribution is 2.32. The third kappa shape index (κ3) is 4.98. The fourth-order valence-corrected chi connectivity index (χ4v) is 5.76. The Balaban J connectivity index is 1.32.